The van der Waals surface area contributed by atoms with Crippen LogP contribution in [0.3, 0.4) is 0 Å². The molecule has 132 valence electrons. The van der Waals surface area contributed by atoms with Crippen LogP contribution in [0, 0.1) is 18.3 Å². The molecule has 24 heavy (non-hydrogen) atoms. The summed E-state index contributed by atoms with van der Waals surface area (Å²) < 4.78 is 5.72. The van der Waals surface area contributed by atoms with Gasteiger partial charge in [-0.05, 0) is 57.2 Å². The van der Waals surface area contributed by atoms with Crippen molar-refractivity contribution in [3.8, 4) is 12.3 Å². The molecular weight excluding hydrogens is 298 g/mol. The minimum absolute atomic E-state index is 0.304. The Labute approximate surface area is 147 Å². The van der Waals surface area contributed by atoms with Crippen molar-refractivity contribution in [3.63, 3.8) is 0 Å². The normalized spacial score (nSPS) is 20.2. The van der Waals surface area contributed by atoms with Crippen LogP contribution in [0.5, 0.6) is 0 Å². The van der Waals surface area contributed by atoms with Crippen LogP contribution in [0.25, 0.3) is 0 Å². The largest absolute Gasteiger partial charge is 0.389 e. The van der Waals surface area contributed by atoms with E-state index in [0.717, 1.165) is 31.8 Å². The van der Waals surface area contributed by atoms with E-state index in [1.54, 1.807) is 0 Å². The van der Waals surface area contributed by atoms with Crippen LogP contribution < -0.4 is 0 Å². The molecule has 1 saturated heterocycles. The van der Waals surface area contributed by atoms with Gasteiger partial charge in [0.1, 0.15) is 5.60 Å². The van der Waals surface area contributed by atoms with Crippen molar-refractivity contribution < 1.29 is 9.84 Å². The zero-order valence-corrected chi connectivity index (χ0v) is 15.1. The van der Waals surface area contributed by atoms with E-state index in [1.807, 2.05) is 13.8 Å². The van der Waals surface area contributed by atoms with Crippen molar-refractivity contribution >= 4 is 0 Å². The zero-order chi connectivity index (χ0) is 17.4. The summed E-state index contributed by atoms with van der Waals surface area (Å²) in [4.78, 5) is 2.34. The molecule has 0 amide bonds. The van der Waals surface area contributed by atoms with Gasteiger partial charge in [0.25, 0.3) is 0 Å². The van der Waals surface area contributed by atoms with Gasteiger partial charge in [0.2, 0.25) is 0 Å². The molecular formula is C21H31NO2. The Hall–Kier alpha value is -1.34. The Morgan fingerprint density at radius 1 is 1.33 bits per heavy atom. The number of ether oxygens (including phenoxy) is 1. The highest BCUT2D eigenvalue weighted by Gasteiger charge is 2.24. The van der Waals surface area contributed by atoms with Gasteiger partial charge in [-0.25, -0.2) is 0 Å². The molecule has 1 N–H and O–H groups in total. The molecule has 1 aliphatic rings. The molecule has 0 aliphatic carbocycles. The number of hydrogen-bond acceptors (Lipinski definition) is 3. The topological polar surface area (TPSA) is 32.7 Å². The van der Waals surface area contributed by atoms with Gasteiger partial charge in [0.15, 0.2) is 0 Å². The number of aliphatic hydroxyl groups excluding tert-OH is 1. The lowest BCUT2D eigenvalue weighted by atomic mass is 9.90. The first-order valence-corrected chi connectivity index (χ1v) is 9.10. The molecule has 1 aromatic rings. The lowest BCUT2D eigenvalue weighted by Gasteiger charge is -2.33. The molecule has 3 heteroatoms. The molecule has 0 saturated carbocycles. The maximum absolute atomic E-state index is 10.2. The van der Waals surface area contributed by atoms with Crippen LogP contribution in [0.1, 0.15) is 38.7 Å². The number of likely N-dealkylation sites (tertiary alicyclic amines) is 1. The lowest BCUT2D eigenvalue weighted by molar-refractivity contribution is -0.0491. The number of hydrogen-bond donors (Lipinski definition) is 1. The van der Waals surface area contributed by atoms with E-state index >= 15 is 0 Å². The quantitative estimate of drug-likeness (QED) is 0.744. The Balaban J connectivity index is 1.68. The maximum Gasteiger partial charge on any atom is 0.125 e. The molecule has 2 rings (SSSR count). The van der Waals surface area contributed by atoms with E-state index in [1.165, 1.54) is 18.4 Å². The predicted octanol–water partition coefficient (Wildman–Crippen LogP) is 3.12. The van der Waals surface area contributed by atoms with Crippen molar-refractivity contribution in [1.82, 2.24) is 4.90 Å². The van der Waals surface area contributed by atoms with Crippen LogP contribution >= 0.6 is 0 Å². The van der Waals surface area contributed by atoms with Crippen LogP contribution in [-0.2, 0) is 11.2 Å². The highest BCUT2D eigenvalue weighted by Crippen LogP contribution is 2.22. The first-order chi connectivity index (χ1) is 11.5. The number of aliphatic hydroxyl groups is 1. The average Bonchev–Trinajstić information content (AvgIpc) is 2.62. The minimum Gasteiger partial charge on any atom is -0.389 e. The average molecular weight is 329 g/mol. The molecule has 0 radical (unpaired) electrons. The predicted molar refractivity (Wildman–Crippen MR) is 98.8 cm³/mol. The Bertz CT molecular complexity index is 516. The second kappa shape index (κ2) is 9.22. The highest BCUT2D eigenvalue weighted by atomic mass is 16.5. The summed E-state index contributed by atoms with van der Waals surface area (Å²) in [6.07, 6.45) is 9.33. The van der Waals surface area contributed by atoms with E-state index in [0.29, 0.717) is 13.2 Å². The summed E-state index contributed by atoms with van der Waals surface area (Å²) in [5.74, 6) is 3.42. The van der Waals surface area contributed by atoms with E-state index in [9.17, 15) is 5.11 Å². The standard InChI is InChI=1S/C21H31NO2/c1-4-21(3,5-2)24-17-20(23)16-22-13-11-19(12-14-22)15-18-9-7-6-8-10-18/h1,6-10,19-20,23H,5,11-17H2,2-3H3. The van der Waals surface area contributed by atoms with E-state index in [4.69, 9.17) is 11.2 Å². The van der Waals surface area contributed by atoms with Crippen LogP contribution in [0.15, 0.2) is 30.3 Å². The van der Waals surface area contributed by atoms with Gasteiger partial charge in [0, 0.05) is 6.54 Å². The van der Waals surface area contributed by atoms with Gasteiger partial charge < -0.3 is 14.7 Å². The molecule has 3 nitrogen and oxygen atoms in total. The third kappa shape index (κ3) is 5.94. The third-order valence-corrected chi connectivity index (χ3v) is 5.12. The van der Waals surface area contributed by atoms with Gasteiger partial charge in [-0.15, -0.1) is 6.42 Å². The molecule has 0 bridgehead atoms. The summed E-state index contributed by atoms with van der Waals surface area (Å²) in [7, 11) is 0. The zero-order valence-electron chi connectivity index (χ0n) is 15.1. The first kappa shape index (κ1) is 19.0. The van der Waals surface area contributed by atoms with Crippen molar-refractivity contribution in [3.05, 3.63) is 35.9 Å². The van der Waals surface area contributed by atoms with Crippen molar-refractivity contribution in [2.24, 2.45) is 5.92 Å². The molecule has 0 spiro atoms. The monoisotopic (exact) mass is 329 g/mol. The molecule has 1 aliphatic heterocycles. The fourth-order valence-corrected chi connectivity index (χ4v) is 3.20. The van der Waals surface area contributed by atoms with Gasteiger partial charge in [-0.1, -0.05) is 43.2 Å². The number of nitrogens with zero attached hydrogens (tertiary/aromatic N) is 1. The van der Waals surface area contributed by atoms with Crippen LogP contribution in [-0.4, -0.2) is 48.0 Å². The first-order valence-electron chi connectivity index (χ1n) is 9.10. The number of benzene rings is 1. The van der Waals surface area contributed by atoms with Crippen LogP contribution in [0.2, 0.25) is 0 Å². The maximum atomic E-state index is 10.2. The molecule has 0 aromatic heterocycles. The van der Waals surface area contributed by atoms with E-state index in [2.05, 4.69) is 41.2 Å². The van der Waals surface area contributed by atoms with Crippen molar-refractivity contribution in [1.29, 1.82) is 0 Å². The van der Waals surface area contributed by atoms with E-state index < -0.39 is 11.7 Å². The fourth-order valence-electron chi connectivity index (χ4n) is 3.20. The molecule has 1 aromatic carbocycles. The number of rotatable bonds is 8. The Morgan fingerprint density at radius 3 is 2.58 bits per heavy atom. The Morgan fingerprint density at radius 2 is 2.00 bits per heavy atom. The minimum atomic E-state index is -0.566. The SMILES string of the molecule is C#CC(C)(CC)OCC(O)CN1CCC(Cc2ccccc2)CC1. The van der Waals surface area contributed by atoms with Gasteiger partial charge >= 0.3 is 0 Å². The van der Waals surface area contributed by atoms with Crippen LogP contribution in [0.4, 0.5) is 0 Å². The number of terminal acetylenes is 1. The Kier molecular flexibility index (Phi) is 7.30. The van der Waals surface area contributed by atoms with E-state index in [-0.39, 0.29) is 0 Å². The number of β-amino-alcohol motifs (C(OH)–C–C–N with tert-alkyl or cyclic N) is 1. The summed E-state index contributed by atoms with van der Waals surface area (Å²) in [5.41, 5.74) is 0.862. The second-order valence-electron chi connectivity index (χ2n) is 7.13. The van der Waals surface area contributed by atoms with Gasteiger partial charge in [-0.3, -0.25) is 0 Å². The molecule has 1 fully saturated rings. The molecule has 1 heterocycles. The third-order valence-electron chi connectivity index (χ3n) is 5.12. The smallest absolute Gasteiger partial charge is 0.125 e. The second-order valence-corrected chi connectivity index (χ2v) is 7.13. The number of piperidine rings is 1. The summed E-state index contributed by atoms with van der Waals surface area (Å²) in [6.45, 7) is 6.98. The fraction of sp³-hybridized carbons (Fsp3) is 0.619. The van der Waals surface area contributed by atoms with Gasteiger partial charge in [0.05, 0.1) is 12.7 Å². The summed E-state index contributed by atoms with van der Waals surface area (Å²) in [6, 6.07) is 10.7. The molecule has 2 atom stereocenters. The van der Waals surface area contributed by atoms with Gasteiger partial charge in [-0.2, -0.15) is 0 Å². The lowest BCUT2D eigenvalue weighted by Crippen LogP contribution is -2.41. The van der Waals surface area contributed by atoms with Crippen molar-refractivity contribution in [2.45, 2.75) is 51.2 Å². The highest BCUT2D eigenvalue weighted by molar-refractivity contribution is 5.15. The summed E-state index contributed by atoms with van der Waals surface area (Å²) in [5, 5.41) is 10.2. The van der Waals surface area contributed by atoms with Crippen molar-refractivity contribution in [2.75, 3.05) is 26.2 Å². The summed E-state index contributed by atoms with van der Waals surface area (Å²) >= 11 is 0. The molecule has 2 unspecified atom stereocenters.